The summed E-state index contributed by atoms with van der Waals surface area (Å²) in [6.07, 6.45) is 1.24. The number of phenols is 1. The molecule has 0 atom stereocenters. The molecule has 0 saturated carbocycles. The van der Waals surface area contributed by atoms with Crippen LogP contribution in [0.3, 0.4) is 0 Å². The number of aromatic hydroxyl groups is 1. The number of nitro benzene ring substituents is 1. The molecule has 0 bridgehead atoms. The standard InChI is InChI=1S/C13H11N3O5S/c14-22(20,21)12-4-1-10(2-5-12)15-8-9-7-11(16(18)19)3-6-13(9)17/h1-8,17H,(H2,14,20,21). The molecule has 3 N–H and O–H groups in total. The molecule has 0 aliphatic rings. The van der Waals surface area contributed by atoms with Crippen LogP contribution in [0.15, 0.2) is 52.4 Å². The van der Waals surface area contributed by atoms with Gasteiger partial charge in [0.25, 0.3) is 5.69 Å². The number of hydrogen-bond donors (Lipinski definition) is 2. The number of sulfonamides is 1. The summed E-state index contributed by atoms with van der Waals surface area (Å²) in [6, 6.07) is 8.97. The molecule has 0 unspecified atom stereocenters. The highest BCUT2D eigenvalue weighted by Gasteiger charge is 2.09. The maximum absolute atomic E-state index is 11.1. The molecule has 8 nitrogen and oxygen atoms in total. The average Bonchev–Trinajstić information content (AvgIpc) is 2.45. The third-order valence-electron chi connectivity index (χ3n) is 2.74. The zero-order valence-corrected chi connectivity index (χ0v) is 11.9. The highest BCUT2D eigenvalue weighted by atomic mass is 32.2. The van der Waals surface area contributed by atoms with Crippen LogP contribution in [-0.2, 0) is 10.0 Å². The van der Waals surface area contributed by atoms with Crippen molar-refractivity contribution in [2.24, 2.45) is 10.1 Å². The van der Waals surface area contributed by atoms with Crippen molar-refractivity contribution in [3.8, 4) is 5.75 Å². The molecule has 0 saturated heterocycles. The van der Waals surface area contributed by atoms with E-state index in [0.717, 1.165) is 0 Å². The largest absolute Gasteiger partial charge is 0.507 e. The minimum absolute atomic E-state index is 0.0513. The van der Waals surface area contributed by atoms with Crippen molar-refractivity contribution >= 4 is 27.6 Å². The van der Waals surface area contributed by atoms with Crippen LogP contribution in [0.5, 0.6) is 5.75 Å². The van der Waals surface area contributed by atoms with Gasteiger partial charge in [-0.2, -0.15) is 0 Å². The second-order valence-electron chi connectivity index (χ2n) is 4.30. The summed E-state index contributed by atoms with van der Waals surface area (Å²) in [7, 11) is -3.78. The van der Waals surface area contributed by atoms with Gasteiger partial charge in [0, 0.05) is 23.9 Å². The van der Waals surface area contributed by atoms with Crippen molar-refractivity contribution in [2.45, 2.75) is 4.90 Å². The Morgan fingerprint density at radius 3 is 2.36 bits per heavy atom. The van der Waals surface area contributed by atoms with Gasteiger partial charge in [-0.3, -0.25) is 15.1 Å². The molecule has 0 amide bonds. The fourth-order valence-corrected chi connectivity index (χ4v) is 2.14. The van der Waals surface area contributed by atoms with Crippen LogP contribution in [0.25, 0.3) is 0 Å². The summed E-state index contributed by atoms with van der Waals surface area (Å²) in [6.45, 7) is 0. The average molecular weight is 321 g/mol. The molecule has 0 aliphatic heterocycles. The number of nitrogens with zero attached hydrogens (tertiary/aromatic N) is 2. The second-order valence-corrected chi connectivity index (χ2v) is 5.86. The van der Waals surface area contributed by atoms with Crippen molar-refractivity contribution in [2.75, 3.05) is 0 Å². The summed E-state index contributed by atoms with van der Waals surface area (Å²) < 4.78 is 22.2. The number of non-ortho nitro benzene ring substituents is 1. The first-order chi connectivity index (χ1) is 10.3. The Labute approximate surface area is 125 Å². The van der Waals surface area contributed by atoms with Crippen LogP contribution >= 0.6 is 0 Å². The Kier molecular flexibility index (Phi) is 4.20. The van der Waals surface area contributed by atoms with Gasteiger partial charge < -0.3 is 5.11 Å². The van der Waals surface area contributed by atoms with Gasteiger partial charge in [0.1, 0.15) is 5.75 Å². The van der Waals surface area contributed by atoms with Gasteiger partial charge in [-0.15, -0.1) is 0 Å². The van der Waals surface area contributed by atoms with Crippen LogP contribution in [0.1, 0.15) is 5.56 Å². The molecule has 0 aliphatic carbocycles. The smallest absolute Gasteiger partial charge is 0.270 e. The molecule has 22 heavy (non-hydrogen) atoms. The van der Waals surface area contributed by atoms with Crippen molar-refractivity contribution in [1.29, 1.82) is 0 Å². The monoisotopic (exact) mass is 321 g/mol. The number of nitro groups is 1. The predicted molar refractivity (Wildman–Crippen MR) is 79.8 cm³/mol. The van der Waals surface area contributed by atoms with Gasteiger partial charge in [0.15, 0.2) is 0 Å². The van der Waals surface area contributed by atoms with Crippen LogP contribution in [0.4, 0.5) is 11.4 Å². The van der Waals surface area contributed by atoms with Gasteiger partial charge >= 0.3 is 0 Å². The fourth-order valence-electron chi connectivity index (χ4n) is 1.62. The van der Waals surface area contributed by atoms with Crippen molar-refractivity contribution < 1.29 is 18.4 Å². The summed E-state index contributed by atoms with van der Waals surface area (Å²) in [5.41, 5.74) is 0.395. The number of primary sulfonamides is 1. The van der Waals surface area contributed by atoms with E-state index in [-0.39, 0.29) is 21.9 Å². The number of hydrogen-bond acceptors (Lipinski definition) is 6. The molecular weight excluding hydrogens is 310 g/mol. The quantitative estimate of drug-likeness (QED) is 0.501. The van der Waals surface area contributed by atoms with E-state index < -0.39 is 14.9 Å². The maximum Gasteiger partial charge on any atom is 0.270 e. The SMILES string of the molecule is NS(=O)(=O)c1ccc(N=Cc2cc([N+](=O)[O-])ccc2O)cc1. The second kappa shape index (κ2) is 5.92. The minimum Gasteiger partial charge on any atom is -0.507 e. The van der Waals surface area contributed by atoms with Gasteiger partial charge in [-0.05, 0) is 30.3 Å². The van der Waals surface area contributed by atoms with E-state index in [2.05, 4.69) is 4.99 Å². The normalized spacial score (nSPS) is 11.7. The fraction of sp³-hybridized carbons (Fsp3) is 0. The van der Waals surface area contributed by atoms with E-state index >= 15 is 0 Å². The van der Waals surface area contributed by atoms with Gasteiger partial charge in [0.05, 0.1) is 15.5 Å². The van der Waals surface area contributed by atoms with Crippen molar-refractivity contribution in [3.63, 3.8) is 0 Å². The Bertz CT molecular complexity index is 844. The maximum atomic E-state index is 11.1. The van der Waals surface area contributed by atoms with Gasteiger partial charge in [0.2, 0.25) is 10.0 Å². The lowest BCUT2D eigenvalue weighted by Gasteiger charge is -2.00. The number of phenolic OH excluding ortho intramolecular Hbond substituents is 1. The van der Waals surface area contributed by atoms with Gasteiger partial charge in [-0.1, -0.05) is 0 Å². The lowest BCUT2D eigenvalue weighted by molar-refractivity contribution is -0.384. The molecule has 0 fully saturated rings. The van der Waals surface area contributed by atoms with Crippen LogP contribution in [0.2, 0.25) is 0 Å². The Morgan fingerprint density at radius 2 is 1.82 bits per heavy atom. The first-order valence-corrected chi connectivity index (χ1v) is 7.46. The highest BCUT2D eigenvalue weighted by molar-refractivity contribution is 7.89. The van der Waals surface area contributed by atoms with Crippen LogP contribution in [-0.4, -0.2) is 24.7 Å². The Balaban J connectivity index is 2.29. The van der Waals surface area contributed by atoms with E-state index in [0.29, 0.717) is 5.69 Å². The van der Waals surface area contributed by atoms with E-state index in [1.165, 1.54) is 48.7 Å². The van der Waals surface area contributed by atoms with E-state index in [1.54, 1.807) is 0 Å². The minimum atomic E-state index is -3.78. The molecular formula is C13H11N3O5S. The van der Waals surface area contributed by atoms with Gasteiger partial charge in [-0.25, -0.2) is 13.6 Å². The molecule has 2 aromatic rings. The van der Waals surface area contributed by atoms with Crippen molar-refractivity contribution in [3.05, 3.63) is 58.1 Å². The molecule has 0 heterocycles. The van der Waals surface area contributed by atoms with Crippen LogP contribution in [0, 0.1) is 10.1 Å². The summed E-state index contributed by atoms with van der Waals surface area (Å²) in [4.78, 5) is 14.1. The first kappa shape index (κ1) is 15.6. The summed E-state index contributed by atoms with van der Waals surface area (Å²) in [5, 5.41) is 25.3. The third kappa shape index (κ3) is 3.65. The number of nitrogens with two attached hydrogens (primary N) is 1. The lowest BCUT2D eigenvalue weighted by Crippen LogP contribution is -2.11. The number of rotatable bonds is 4. The molecule has 2 aromatic carbocycles. The molecule has 0 aromatic heterocycles. The molecule has 0 radical (unpaired) electrons. The lowest BCUT2D eigenvalue weighted by atomic mass is 10.2. The Morgan fingerprint density at radius 1 is 1.18 bits per heavy atom. The van der Waals surface area contributed by atoms with E-state index in [1.807, 2.05) is 0 Å². The molecule has 0 spiro atoms. The molecule has 9 heteroatoms. The van der Waals surface area contributed by atoms with Crippen LogP contribution < -0.4 is 5.14 Å². The first-order valence-electron chi connectivity index (χ1n) is 5.92. The van der Waals surface area contributed by atoms with E-state index in [4.69, 9.17) is 5.14 Å². The summed E-state index contributed by atoms with van der Waals surface area (Å²) in [5.74, 6) is -0.157. The number of aliphatic imine (C=N–C) groups is 1. The zero-order valence-electron chi connectivity index (χ0n) is 11.1. The topological polar surface area (TPSA) is 136 Å². The molecule has 2 rings (SSSR count). The highest BCUT2D eigenvalue weighted by Crippen LogP contribution is 2.22. The molecule has 114 valence electrons. The summed E-state index contributed by atoms with van der Waals surface area (Å²) >= 11 is 0. The Hall–Kier alpha value is -2.78. The zero-order chi connectivity index (χ0) is 16.3. The third-order valence-corrected chi connectivity index (χ3v) is 3.67. The van der Waals surface area contributed by atoms with Crippen molar-refractivity contribution in [1.82, 2.24) is 0 Å². The van der Waals surface area contributed by atoms with E-state index in [9.17, 15) is 23.6 Å². The predicted octanol–water partition coefficient (Wildman–Crippen LogP) is 1.70. The number of benzene rings is 2.